The van der Waals surface area contributed by atoms with E-state index in [9.17, 15) is 4.79 Å². The van der Waals surface area contributed by atoms with Crippen molar-refractivity contribution in [2.24, 2.45) is 23.2 Å². The van der Waals surface area contributed by atoms with Gasteiger partial charge in [0.25, 0.3) is 0 Å². The summed E-state index contributed by atoms with van der Waals surface area (Å²) in [6.45, 7) is 2.79. The lowest BCUT2D eigenvalue weighted by atomic mass is 9.48. The first-order chi connectivity index (χ1) is 10.7. The fourth-order valence-electron chi connectivity index (χ4n) is 5.83. The largest absolute Gasteiger partial charge is 0.292 e. The topological polar surface area (TPSA) is 20.9 Å². The molecule has 4 bridgehead atoms. The van der Waals surface area contributed by atoms with Gasteiger partial charge in [-0.05, 0) is 68.3 Å². The molecule has 1 aromatic rings. The van der Waals surface area contributed by atoms with Crippen molar-refractivity contribution in [2.75, 3.05) is 0 Å². The number of pyridine rings is 1. The molecule has 1 aromatic heterocycles. The van der Waals surface area contributed by atoms with E-state index in [0.29, 0.717) is 12.3 Å². The van der Waals surface area contributed by atoms with Gasteiger partial charge in [-0.25, -0.2) is 0 Å². The van der Waals surface area contributed by atoms with Gasteiger partial charge in [-0.2, -0.15) is 4.57 Å². The Morgan fingerprint density at radius 2 is 1.64 bits per heavy atom. The molecule has 0 aliphatic heterocycles. The molecular weight excluding hydrogens is 270 g/mol. The van der Waals surface area contributed by atoms with Gasteiger partial charge < -0.3 is 0 Å². The number of carbonyl (C=O) groups excluding carboxylic acids is 1. The SMILES string of the molecule is CCCc1cc[n+](CC(=O)C23CC4CC(CC(C4)C2)C3)cc1. The summed E-state index contributed by atoms with van der Waals surface area (Å²) in [5.41, 5.74) is 1.42. The summed E-state index contributed by atoms with van der Waals surface area (Å²) in [6.07, 6.45) is 14.3. The maximum Gasteiger partial charge on any atom is 0.207 e. The average Bonchev–Trinajstić information content (AvgIpc) is 2.48. The maximum atomic E-state index is 13.1. The maximum absolute atomic E-state index is 13.1. The molecule has 1 heterocycles. The van der Waals surface area contributed by atoms with Crippen molar-refractivity contribution >= 4 is 5.78 Å². The summed E-state index contributed by atoms with van der Waals surface area (Å²) >= 11 is 0. The van der Waals surface area contributed by atoms with Crippen LogP contribution in [-0.4, -0.2) is 5.78 Å². The van der Waals surface area contributed by atoms with E-state index in [1.807, 2.05) is 0 Å². The number of nitrogens with zero attached hydrogens (tertiary/aromatic N) is 1. The van der Waals surface area contributed by atoms with Crippen molar-refractivity contribution in [1.29, 1.82) is 0 Å². The average molecular weight is 298 g/mol. The molecule has 4 aliphatic rings. The number of hydrogen-bond acceptors (Lipinski definition) is 1. The van der Waals surface area contributed by atoms with E-state index in [1.165, 1.54) is 50.5 Å². The number of rotatable bonds is 5. The van der Waals surface area contributed by atoms with Gasteiger partial charge >= 0.3 is 0 Å². The first-order valence-electron chi connectivity index (χ1n) is 9.18. The van der Waals surface area contributed by atoms with Crippen LogP contribution in [0.3, 0.4) is 0 Å². The number of Topliss-reactive ketones (excluding diaryl/α,β-unsaturated/α-hetero) is 1. The Morgan fingerprint density at radius 3 is 2.14 bits per heavy atom. The predicted octanol–water partition coefficient (Wildman–Crippen LogP) is 3.71. The second-order valence-electron chi connectivity index (χ2n) is 8.25. The van der Waals surface area contributed by atoms with Crippen molar-refractivity contribution in [3.8, 4) is 0 Å². The highest BCUT2D eigenvalue weighted by molar-refractivity contribution is 5.84. The summed E-state index contributed by atoms with van der Waals surface area (Å²) in [4.78, 5) is 13.1. The van der Waals surface area contributed by atoms with E-state index < -0.39 is 0 Å². The molecule has 0 atom stereocenters. The highest BCUT2D eigenvalue weighted by Crippen LogP contribution is 2.60. The molecule has 0 amide bonds. The Bertz CT molecular complexity index is 524. The highest BCUT2D eigenvalue weighted by atomic mass is 16.1. The van der Waals surface area contributed by atoms with E-state index in [-0.39, 0.29) is 5.41 Å². The molecule has 0 saturated heterocycles. The van der Waals surface area contributed by atoms with Crippen LogP contribution in [0.4, 0.5) is 0 Å². The Labute approximate surface area is 133 Å². The van der Waals surface area contributed by atoms with E-state index in [4.69, 9.17) is 0 Å². The molecule has 4 saturated carbocycles. The molecule has 0 unspecified atom stereocenters. The minimum Gasteiger partial charge on any atom is -0.292 e. The molecule has 22 heavy (non-hydrogen) atoms. The molecule has 5 rings (SSSR count). The Balaban J connectivity index is 1.48. The van der Waals surface area contributed by atoms with Gasteiger partial charge in [0.05, 0.1) is 0 Å². The molecule has 118 valence electrons. The molecule has 4 fully saturated rings. The van der Waals surface area contributed by atoms with E-state index in [0.717, 1.165) is 24.2 Å². The Morgan fingerprint density at radius 1 is 1.09 bits per heavy atom. The van der Waals surface area contributed by atoms with Crippen LogP contribution in [0.1, 0.15) is 57.4 Å². The number of aryl methyl sites for hydroxylation is 1. The predicted molar refractivity (Wildman–Crippen MR) is 86.2 cm³/mol. The Kier molecular flexibility index (Phi) is 3.58. The molecule has 2 heteroatoms. The van der Waals surface area contributed by atoms with Gasteiger partial charge in [0.2, 0.25) is 12.3 Å². The molecule has 0 radical (unpaired) electrons. The fraction of sp³-hybridized carbons (Fsp3) is 0.700. The van der Waals surface area contributed by atoms with Crippen LogP contribution < -0.4 is 4.57 Å². The van der Waals surface area contributed by atoms with Crippen LogP contribution in [0.25, 0.3) is 0 Å². The van der Waals surface area contributed by atoms with Crippen LogP contribution >= 0.6 is 0 Å². The lowest BCUT2D eigenvalue weighted by molar-refractivity contribution is -0.685. The molecular formula is C20H28NO+. The summed E-state index contributed by atoms with van der Waals surface area (Å²) in [5.74, 6) is 3.08. The van der Waals surface area contributed by atoms with Crippen LogP contribution in [-0.2, 0) is 17.8 Å². The Hall–Kier alpha value is -1.18. The van der Waals surface area contributed by atoms with Crippen LogP contribution in [0.5, 0.6) is 0 Å². The summed E-state index contributed by atoms with van der Waals surface area (Å²) in [6, 6.07) is 4.35. The minimum atomic E-state index is 0.0455. The van der Waals surface area contributed by atoms with Crippen molar-refractivity contribution in [2.45, 2.75) is 64.8 Å². The van der Waals surface area contributed by atoms with Gasteiger partial charge in [-0.3, -0.25) is 4.79 Å². The van der Waals surface area contributed by atoms with Gasteiger partial charge in [0.15, 0.2) is 12.4 Å². The zero-order chi connectivity index (χ0) is 15.2. The molecule has 0 aromatic carbocycles. The zero-order valence-corrected chi connectivity index (χ0v) is 13.8. The number of ketones is 1. The lowest BCUT2D eigenvalue weighted by Crippen LogP contribution is -2.53. The van der Waals surface area contributed by atoms with Crippen LogP contribution in [0.2, 0.25) is 0 Å². The second-order valence-corrected chi connectivity index (χ2v) is 8.25. The fourth-order valence-corrected chi connectivity index (χ4v) is 5.83. The third-order valence-electron chi connectivity index (χ3n) is 6.45. The molecule has 4 aliphatic carbocycles. The van der Waals surface area contributed by atoms with Gasteiger partial charge in [-0.15, -0.1) is 0 Å². The summed E-state index contributed by atoms with van der Waals surface area (Å²) < 4.78 is 2.10. The van der Waals surface area contributed by atoms with Gasteiger partial charge in [0.1, 0.15) is 0 Å². The number of carbonyl (C=O) groups is 1. The second kappa shape index (κ2) is 5.47. The minimum absolute atomic E-state index is 0.0455. The van der Waals surface area contributed by atoms with E-state index >= 15 is 0 Å². The quantitative estimate of drug-likeness (QED) is 0.759. The zero-order valence-electron chi connectivity index (χ0n) is 13.8. The van der Waals surface area contributed by atoms with Gasteiger partial charge in [-0.1, -0.05) is 13.3 Å². The summed E-state index contributed by atoms with van der Waals surface area (Å²) in [7, 11) is 0. The molecule has 2 nitrogen and oxygen atoms in total. The normalized spacial score (nSPS) is 35.8. The van der Waals surface area contributed by atoms with Crippen LogP contribution in [0, 0.1) is 23.2 Å². The smallest absolute Gasteiger partial charge is 0.207 e. The third kappa shape index (κ3) is 2.51. The number of hydrogen-bond donors (Lipinski definition) is 0. The van der Waals surface area contributed by atoms with Crippen molar-refractivity contribution in [3.05, 3.63) is 30.1 Å². The lowest BCUT2D eigenvalue weighted by Gasteiger charge is -2.55. The number of aromatic nitrogens is 1. The van der Waals surface area contributed by atoms with Crippen LogP contribution in [0.15, 0.2) is 24.5 Å². The summed E-state index contributed by atoms with van der Waals surface area (Å²) in [5, 5.41) is 0. The first-order valence-corrected chi connectivity index (χ1v) is 9.18. The van der Waals surface area contributed by atoms with E-state index in [1.54, 1.807) is 0 Å². The van der Waals surface area contributed by atoms with Gasteiger partial charge in [0, 0.05) is 17.5 Å². The van der Waals surface area contributed by atoms with Crippen molar-refractivity contribution in [3.63, 3.8) is 0 Å². The monoisotopic (exact) mass is 298 g/mol. The standard InChI is InChI=1S/C20H28NO/c1-2-3-15-4-6-21(7-5-15)14-19(22)20-11-16-8-17(12-20)10-18(9-16)13-20/h4-7,16-18H,2-3,8-14H2,1H3/q+1. The van der Waals surface area contributed by atoms with Crippen molar-refractivity contribution in [1.82, 2.24) is 0 Å². The van der Waals surface area contributed by atoms with E-state index in [2.05, 4.69) is 36.0 Å². The highest BCUT2D eigenvalue weighted by Gasteiger charge is 2.54. The van der Waals surface area contributed by atoms with Crippen molar-refractivity contribution < 1.29 is 9.36 Å². The molecule has 0 spiro atoms. The first kappa shape index (κ1) is 14.4. The molecule has 0 N–H and O–H groups in total. The third-order valence-corrected chi connectivity index (χ3v) is 6.45.